The third-order valence-corrected chi connectivity index (χ3v) is 3.85. The highest BCUT2D eigenvalue weighted by molar-refractivity contribution is 6.31. The average molecular weight is 268 g/mol. The number of rotatable bonds is 2. The Bertz CT molecular complexity index is 464. The van der Waals surface area contributed by atoms with E-state index in [-0.39, 0.29) is 11.9 Å². The van der Waals surface area contributed by atoms with Crippen molar-refractivity contribution in [1.29, 1.82) is 0 Å². The molecular weight excluding hydrogens is 250 g/mol. The molecule has 98 valence electrons. The van der Waals surface area contributed by atoms with E-state index in [1.54, 1.807) is 4.90 Å². The van der Waals surface area contributed by atoms with Crippen molar-refractivity contribution < 1.29 is 4.79 Å². The lowest BCUT2D eigenvalue weighted by atomic mass is 10.1. The molecule has 0 bridgehead atoms. The second-order valence-corrected chi connectivity index (χ2v) is 5.15. The Morgan fingerprint density at radius 1 is 1.50 bits per heavy atom. The molecule has 5 heteroatoms. The largest absolute Gasteiger partial charge is 0.329 e. The Labute approximate surface area is 112 Å². The van der Waals surface area contributed by atoms with E-state index in [0.29, 0.717) is 24.7 Å². The highest BCUT2D eigenvalue weighted by Gasteiger charge is 2.29. The van der Waals surface area contributed by atoms with Crippen LogP contribution in [0.25, 0.3) is 0 Å². The lowest BCUT2D eigenvalue weighted by molar-refractivity contribution is -0.121. The predicted molar refractivity (Wildman–Crippen MR) is 74.0 cm³/mol. The number of aryl methyl sites for hydroxylation is 1. The summed E-state index contributed by atoms with van der Waals surface area (Å²) in [6.45, 7) is 3.50. The topological polar surface area (TPSA) is 49.6 Å². The Kier molecular flexibility index (Phi) is 3.90. The standard InChI is InChI=1S/C13H18ClN3O/c1-9-3-4-10(5-12(9)14)17-7-11(6-15)16(2)8-13(17)18/h3-5,11H,6-8,15H2,1-2H3. The number of carbonyl (C=O) groups excluding carboxylic acids is 1. The molecule has 1 aromatic rings. The summed E-state index contributed by atoms with van der Waals surface area (Å²) in [6.07, 6.45) is 0. The van der Waals surface area contributed by atoms with E-state index in [1.165, 1.54) is 0 Å². The first-order chi connectivity index (χ1) is 8.52. The molecule has 0 aliphatic carbocycles. The molecule has 1 amide bonds. The van der Waals surface area contributed by atoms with Crippen LogP contribution in [0, 0.1) is 6.92 Å². The first kappa shape index (κ1) is 13.3. The zero-order valence-electron chi connectivity index (χ0n) is 10.7. The summed E-state index contributed by atoms with van der Waals surface area (Å²) < 4.78 is 0. The normalized spacial score (nSPS) is 21.4. The van der Waals surface area contributed by atoms with Gasteiger partial charge in [-0.05, 0) is 31.7 Å². The van der Waals surface area contributed by atoms with E-state index in [1.807, 2.05) is 37.1 Å². The van der Waals surface area contributed by atoms with E-state index >= 15 is 0 Å². The summed E-state index contributed by atoms with van der Waals surface area (Å²) in [7, 11) is 1.93. The molecular formula is C13H18ClN3O. The maximum atomic E-state index is 12.1. The number of hydrogen-bond donors (Lipinski definition) is 1. The average Bonchev–Trinajstić information content (AvgIpc) is 2.33. The number of benzene rings is 1. The van der Waals surface area contributed by atoms with Gasteiger partial charge in [-0.1, -0.05) is 17.7 Å². The molecule has 0 spiro atoms. The van der Waals surface area contributed by atoms with Gasteiger partial charge < -0.3 is 10.6 Å². The van der Waals surface area contributed by atoms with Crippen molar-refractivity contribution in [3.8, 4) is 0 Å². The summed E-state index contributed by atoms with van der Waals surface area (Å²) in [5.74, 6) is 0.0853. The number of piperazine rings is 1. The molecule has 0 radical (unpaired) electrons. The first-order valence-corrected chi connectivity index (χ1v) is 6.37. The monoisotopic (exact) mass is 267 g/mol. The minimum absolute atomic E-state index is 0.0853. The first-order valence-electron chi connectivity index (χ1n) is 5.99. The Hall–Kier alpha value is -1.10. The van der Waals surface area contributed by atoms with Crippen molar-refractivity contribution in [2.24, 2.45) is 5.73 Å². The van der Waals surface area contributed by atoms with Gasteiger partial charge in [-0.15, -0.1) is 0 Å². The Morgan fingerprint density at radius 3 is 2.83 bits per heavy atom. The van der Waals surface area contributed by atoms with Crippen LogP contribution >= 0.6 is 11.6 Å². The number of likely N-dealkylation sites (N-methyl/N-ethyl adjacent to an activating group) is 1. The van der Waals surface area contributed by atoms with E-state index in [4.69, 9.17) is 17.3 Å². The van der Waals surface area contributed by atoms with Crippen molar-refractivity contribution in [3.05, 3.63) is 28.8 Å². The van der Waals surface area contributed by atoms with Crippen LogP contribution in [-0.2, 0) is 4.79 Å². The van der Waals surface area contributed by atoms with Crippen LogP contribution in [0.2, 0.25) is 5.02 Å². The highest BCUT2D eigenvalue weighted by atomic mass is 35.5. The molecule has 1 unspecified atom stereocenters. The lowest BCUT2D eigenvalue weighted by Gasteiger charge is -2.38. The van der Waals surface area contributed by atoms with Crippen LogP contribution in [0.5, 0.6) is 0 Å². The number of anilines is 1. The third-order valence-electron chi connectivity index (χ3n) is 3.44. The van der Waals surface area contributed by atoms with Gasteiger partial charge in [0.25, 0.3) is 0 Å². The van der Waals surface area contributed by atoms with Crippen molar-refractivity contribution in [2.75, 3.05) is 31.6 Å². The van der Waals surface area contributed by atoms with Gasteiger partial charge in [-0.25, -0.2) is 0 Å². The molecule has 1 aliphatic rings. The minimum Gasteiger partial charge on any atom is -0.329 e. The summed E-state index contributed by atoms with van der Waals surface area (Å²) in [6, 6.07) is 5.90. The number of carbonyl (C=O) groups is 1. The molecule has 1 fully saturated rings. The van der Waals surface area contributed by atoms with Crippen LogP contribution in [0.1, 0.15) is 5.56 Å². The molecule has 1 atom stereocenters. The maximum Gasteiger partial charge on any atom is 0.241 e. The molecule has 18 heavy (non-hydrogen) atoms. The summed E-state index contributed by atoms with van der Waals surface area (Å²) in [5.41, 5.74) is 7.59. The zero-order valence-corrected chi connectivity index (χ0v) is 11.4. The van der Waals surface area contributed by atoms with Gasteiger partial charge in [0.15, 0.2) is 0 Å². The number of halogens is 1. The third kappa shape index (κ3) is 2.51. The van der Waals surface area contributed by atoms with Crippen molar-refractivity contribution >= 4 is 23.2 Å². The molecule has 1 aromatic carbocycles. The van der Waals surface area contributed by atoms with E-state index in [0.717, 1.165) is 11.3 Å². The quantitative estimate of drug-likeness (QED) is 0.878. The molecule has 1 aliphatic heterocycles. The van der Waals surface area contributed by atoms with E-state index in [9.17, 15) is 4.79 Å². The second-order valence-electron chi connectivity index (χ2n) is 4.74. The zero-order chi connectivity index (χ0) is 13.3. The van der Waals surface area contributed by atoms with Crippen molar-refractivity contribution in [2.45, 2.75) is 13.0 Å². The molecule has 0 saturated carbocycles. The number of amides is 1. The summed E-state index contributed by atoms with van der Waals surface area (Å²) in [4.78, 5) is 15.8. The van der Waals surface area contributed by atoms with Crippen LogP contribution in [-0.4, -0.2) is 43.5 Å². The number of nitrogens with zero attached hydrogens (tertiary/aromatic N) is 2. The van der Waals surface area contributed by atoms with Gasteiger partial charge in [0, 0.05) is 29.8 Å². The summed E-state index contributed by atoms with van der Waals surface area (Å²) in [5, 5.41) is 0.684. The van der Waals surface area contributed by atoms with Crippen LogP contribution in [0.4, 0.5) is 5.69 Å². The van der Waals surface area contributed by atoms with Crippen LogP contribution in [0.3, 0.4) is 0 Å². The smallest absolute Gasteiger partial charge is 0.241 e. The van der Waals surface area contributed by atoms with Gasteiger partial charge in [0.2, 0.25) is 5.91 Å². The van der Waals surface area contributed by atoms with Crippen molar-refractivity contribution in [1.82, 2.24) is 4.90 Å². The van der Waals surface area contributed by atoms with Gasteiger partial charge in [-0.3, -0.25) is 9.69 Å². The van der Waals surface area contributed by atoms with E-state index in [2.05, 4.69) is 0 Å². The minimum atomic E-state index is 0.0853. The Balaban J connectivity index is 2.26. The van der Waals surface area contributed by atoms with Crippen LogP contribution < -0.4 is 10.6 Å². The van der Waals surface area contributed by atoms with Gasteiger partial charge >= 0.3 is 0 Å². The molecule has 2 rings (SSSR count). The summed E-state index contributed by atoms with van der Waals surface area (Å²) >= 11 is 6.11. The fourth-order valence-electron chi connectivity index (χ4n) is 2.13. The van der Waals surface area contributed by atoms with Gasteiger partial charge in [0.05, 0.1) is 6.54 Å². The molecule has 1 heterocycles. The SMILES string of the molecule is Cc1ccc(N2CC(CN)N(C)CC2=O)cc1Cl. The fraction of sp³-hybridized carbons (Fsp3) is 0.462. The maximum absolute atomic E-state index is 12.1. The Morgan fingerprint density at radius 2 is 2.22 bits per heavy atom. The number of hydrogen-bond acceptors (Lipinski definition) is 3. The molecule has 2 N–H and O–H groups in total. The molecule has 0 aromatic heterocycles. The molecule has 1 saturated heterocycles. The van der Waals surface area contributed by atoms with Crippen molar-refractivity contribution in [3.63, 3.8) is 0 Å². The van der Waals surface area contributed by atoms with Crippen LogP contribution in [0.15, 0.2) is 18.2 Å². The number of nitrogens with two attached hydrogens (primary N) is 1. The predicted octanol–water partition coefficient (Wildman–Crippen LogP) is 1.25. The lowest BCUT2D eigenvalue weighted by Crippen LogP contribution is -2.57. The van der Waals surface area contributed by atoms with Gasteiger partial charge in [0.1, 0.15) is 0 Å². The highest BCUT2D eigenvalue weighted by Crippen LogP contribution is 2.25. The molecule has 4 nitrogen and oxygen atoms in total. The van der Waals surface area contributed by atoms with E-state index < -0.39 is 0 Å². The second kappa shape index (κ2) is 5.26. The fourth-order valence-corrected chi connectivity index (χ4v) is 2.31. The van der Waals surface area contributed by atoms with Gasteiger partial charge in [-0.2, -0.15) is 0 Å².